The van der Waals surface area contributed by atoms with Gasteiger partial charge in [-0.1, -0.05) is 48.5 Å². The minimum atomic E-state index is -0.264. The minimum Gasteiger partial charge on any atom is -0.289 e. The molecule has 0 radical (unpaired) electrons. The Morgan fingerprint density at radius 2 is 1.82 bits per heavy atom. The molecule has 1 unspecified atom stereocenters. The van der Waals surface area contributed by atoms with Crippen molar-refractivity contribution in [2.75, 3.05) is 0 Å². The van der Waals surface area contributed by atoms with Crippen LogP contribution in [-0.2, 0) is 30.5 Å². The summed E-state index contributed by atoms with van der Waals surface area (Å²) in [6.45, 7) is 0. The average molecular weight is 295 g/mol. The zero-order valence-corrected chi connectivity index (χ0v) is 12.6. The van der Waals surface area contributed by atoms with Crippen LogP contribution in [-0.4, -0.2) is 11.1 Å². The third kappa shape index (κ3) is 3.37. The predicted octanol–water partition coefficient (Wildman–Crippen LogP) is 3.08. The maximum absolute atomic E-state index is 11.6. The van der Waals surface area contributed by atoms with Crippen molar-refractivity contribution in [1.29, 1.82) is 0 Å². The number of carbonyl (C=O) groups excluding carboxylic acids is 1. The van der Waals surface area contributed by atoms with Gasteiger partial charge in [0, 0.05) is 5.92 Å². The van der Waals surface area contributed by atoms with Gasteiger partial charge in [0.05, 0.1) is 0 Å². The molecule has 1 atom stereocenters. The van der Waals surface area contributed by atoms with Crippen LogP contribution in [0.5, 0.6) is 0 Å². The normalized spacial score (nSPS) is 16.9. The van der Waals surface area contributed by atoms with Gasteiger partial charge in [-0.2, -0.15) is 0 Å². The fourth-order valence-corrected chi connectivity index (χ4v) is 3.21. The van der Waals surface area contributed by atoms with Gasteiger partial charge in [-0.3, -0.25) is 10.0 Å². The molecule has 2 aromatic carbocycles. The first-order valence-corrected chi connectivity index (χ1v) is 7.85. The lowest BCUT2D eigenvalue weighted by Crippen LogP contribution is -2.31. The third-order valence-corrected chi connectivity index (χ3v) is 4.53. The Kier molecular flexibility index (Phi) is 4.54. The van der Waals surface area contributed by atoms with Gasteiger partial charge in [-0.25, -0.2) is 5.48 Å². The molecule has 22 heavy (non-hydrogen) atoms. The van der Waals surface area contributed by atoms with Gasteiger partial charge in [0.15, 0.2) is 0 Å². The summed E-state index contributed by atoms with van der Waals surface area (Å²) in [6.07, 6.45) is 4.48. The fourth-order valence-electron chi connectivity index (χ4n) is 3.21. The number of amides is 1. The van der Waals surface area contributed by atoms with E-state index in [4.69, 9.17) is 5.21 Å². The van der Waals surface area contributed by atoms with E-state index in [1.807, 2.05) is 6.07 Å². The molecular formula is C19H21NO2. The standard InChI is InChI=1S/C19H21NO2/c21-19(20-22)17-11-10-16-9-8-15(12-18(16)13-17)7-6-14-4-2-1-3-5-14/h1-5,8-9,12,17,22H,6-7,10-11,13H2,(H,20,21). The molecule has 0 spiro atoms. The van der Waals surface area contributed by atoms with Crippen LogP contribution in [0.1, 0.15) is 28.7 Å². The summed E-state index contributed by atoms with van der Waals surface area (Å²) in [5.74, 6) is -0.373. The number of hydrogen-bond donors (Lipinski definition) is 2. The van der Waals surface area contributed by atoms with Gasteiger partial charge >= 0.3 is 0 Å². The van der Waals surface area contributed by atoms with E-state index in [9.17, 15) is 4.79 Å². The van der Waals surface area contributed by atoms with E-state index in [0.717, 1.165) is 32.1 Å². The quantitative estimate of drug-likeness (QED) is 0.672. The average Bonchev–Trinajstić information content (AvgIpc) is 2.59. The summed E-state index contributed by atoms with van der Waals surface area (Å²) in [7, 11) is 0. The molecule has 3 nitrogen and oxygen atoms in total. The van der Waals surface area contributed by atoms with Gasteiger partial charge in [0.2, 0.25) is 5.91 Å². The van der Waals surface area contributed by atoms with Gasteiger partial charge in [-0.05, 0) is 54.4 Å². The maximum Gasteiger partial charge on any atom is 0.246 e. The summed E-state index contributed by atoms with van der Waals surface area (Å²) in [5, 5.41) is 8.80. The SMILES string of the molecule is O=C(NO)C1CCc2ccc(CCc3ccccc3)cc2C1. The van der Waals surface area contributed by atoms with Gasteiger partial charge in [-0.15, -0.1) is 0 Å². The Hall–Kier alpha value is -2.13. The molecule has 0 fully saturated rings. The van der Waals surface area contributed by atoms with Crippen molar-refractivity contribution in [2.45, 2.75) is 32.1 Å². The van der Waals surface area contributed by atoms with Gasteiger partial charge in [0.1, 0.15) is 0 Å². The molecule has 2 N–H and O–H groups in total. The van der Waals surface area contributed by atoms with Crippen LogP contribution in [0.4, 0.5) is 0 Å². The van der Waals surface area contributed by atoms with Crippen LogP contribution in [0.2, 0.25) is 0 Å². The largest absolute Gasteiger partial charge is 0.289 e. The lowest BCUT2D eigenvalue weighted by molar-refractivity contribution is -0.133. The Morgan fingerprint density at radius 3 is 2.59 bits per heavy atom. The van der Waals surface area contributed by atoms with Crippen molar-refractivity contribution in [1.82, 2.24) is 5.48 Å². The zero-order valence-electron chi connectivity index (χ0n) is 12.6. The summed E-state index contributed by atoms with van der Waals surface area (Å²) in [5.41, 5.74) is 7.04. The lowest BCUT2D eigenvalue weighted by Gasteiger charge is -2.23. The predicted molar refractivity (Wildman–Crippen MR) is 85.7 cm³/mol. The lowest BCUT2D eigenvalue weighted by atomic mass is 9.82. The van der Waals surface area contributed by atoms with Gasteiger partial charge < -0.3 is 0 Å². The van der Waals surface area contributed by atoms with Crippen molar-refractivity contribution in [2.24, 2.45) is 5.92 Å². The van der Waals surface area contributed by atoms with Crippen LogP contribution in [0.15, 0.2) is 48.5 Å². The fraction of sp³-hybridized carbons (Fsp3) is 0.316. The third-order valence-electron chi connectivity index (χ3n) is 4.53. The second kappa shape index (κ2) is 6.75. The molecule has 0 bridgehead atoms. The van der Waals surface area contributed by atoms with Crippen molar-refractivity contribution in [3.8, 4) is 0 Å². The topological polar surface area (TPSA) is 49.3 Å². The number of fused-ring (bicyclic) bond motifs is 1. The molecule has 1 aliphatic rings. The molecule has 1 aliphatic carbocycles. The van der Waals surface area contributed by atoms with Crippen LogP contribution in [0, 0.1) is 5.92 Å². The first kappa shape index (κ1) is 14.8. The molecule has 1 amide bonds. The molecule has 0 saturated heterocycles. The summed E-state index contributed by atoms with van der Waals surface area (Å²) < 4.78 is 0. The molecular weight excluding hydrogens is 274 g/mol. The maximum atomic E-state index is 11.6. The molecule has 3 heteroatoms. The first-order chi connectivity index (χ1) is 10.8. The number of carbonyl (C=O) groups is 1. The van der Waals surface area contributed by atoms with E-state index < -0.39 is 0 Å². The highest BCUT2D eigenvalue weighted by atomic mass is 16.5. The molecule has 2 aromatic rings. The number of rotatable bonds is 4. The first-order valence-electron chi connectivity index (χ1n) is 7.85. The summed E-state index contributed by atoms with van der Waals surface area (Å²) in [4.78, 5) is 11.6. The Labute approximate surface area is 130 Å². The van der Waals surface area contributed by atoms with Crippen molar-refractivity contribution in [3.05, 3.63) is 70.8 Å². The van der Waals surface area contributed by atoms with E-state index in [-0.39, 0.29) is 11.8 Å². The van der Waals surface area contributed by atoms with Crippen LogP contribution >= 0.6 is 0 Å². The van der Waals surface area contributed by atoms with Crippen molar-refractivity contribution in [3.63, 3.8) is 0 Å². The number of benzene rings is 2. The Balaban J connectivity index is 1.69. The molecule has 114 valence electrons. The highest BCUT2D eigenvalue weighted by molar-refractivity contribution is 5.78. The summed E-state index contributed by atoms with van der Waals surface area (Å²) in [6, 6.07) is 17.1. The summed E-state index contributed by atoms with van der Waals surface area (Å²) >= 11 is 0. The van der Waals surface area contributed by atoms with E-state index in [1.165, 1.54) is 22.3 Å². The molecule has 3 rings (SSSR count). The zero-order chi connectivity index (χ0) is 15.4. The van der Waals surface area contributed by atoms with E-state index >= 15 is 0 Å². The van der Waals surface area contributed by atoms with Crippen LogP contribution in [0.3, 0.4) is 0 Å². The monoisotopic (exact) mass is 295 g/mol. The molecule has 0 aromatic heterocycles. The Morgan fingerprint density at radius 1 is 1.05 bits per heavy atom. The highest BCUT2D eigenvalue weighted by Crippen LogP contribution is 2.27. The second-order valence-electron chi connectivity index (χ2n) is 6.00. The van der Waals surface area contributed by atoms with E-state index in [1.54, 1.807) is 5.48 Å². The van der Waals surface area contributed by atoms with Crippen LogP contribution < -0.4 is 5.48 Å². The van der Waals surface area contributed by atoms with E-state index in [2.05, 4.69) is 42.5 Å². The number of aryl methyl sites for hydroxylation is 3. The highest BCUT2D eigenvalue weighted by Gasteiger charge is 2.24. The number of nitrogens with one attached hydrogen (secondary N) is 1. The molecule has 0 aliphatic heterocycles. The van der Waals surface area contributed by atoms with Crippen LogP contribution in [0.25, 0.3) is 0 Å². The minimum absolute atomic E-state index is 0.109. The van der Waals surface area contributed by atoms with Crippen molar-refractivity contribution >= 4 is 5.91 Å². The molecule has 0 heterocycles. The molecule has 0 saturated carbocycles. The number of hydroxylamine groups is 1. The van der Waals surface area contributed by atoms with E-state index in [0.29, 0.717) is 0 Å². The Bertz CT molecular complexity index is 652. The number of hydrogen-bond acceptors (Lipinski definition) is 2. The second-order valence-corrected chi connectivity index (χ2v) is 6.00. The van der Waals surface area contributed by atoms with Gasteiger partial charge in [0.25, 0.3) is 0 Å². The van der Waals surface area contributed by atoms with Crippen molar-refractivity contribution < 1.29 is 10.0 Å². The smallest absolute Gasteiger partial charge is 0.246 e.